The van der Waals surface area contributed by atoms with Crippen LogP contribution in [0.2, 0.25) is 0 Å². The van der Waals surface area contributed by atoms with Gasteiger partial charge in [0, 0.05) is 53.4 Å². The average Bonchev–Trinajstić information content (AvgIpc) is 0.744. The fraction of sp³-hybridized carbons (Fsp3) is 0.895. The van der Waals surface area contributed by atoms with E-state index in [0.29, 0.717) is 12.8 Å². The Morgan fingerprint density at radius 2 is 0.732 bits per heavy atom. The number of nitrogens with one attached hydrogen (secondary N) is 5. The van der Waals surface area contributed by atoms with Crippen molar-refractivity contribution in [3.8, 4) is 0 Å². The van der Waals surface area contributed by atoms with Gasteiger partial charge in [0.15, 0.2) is 18.9 Å². The van der Waals surface area contributed by atoms with Gasteiger partial charge in [0.25, 0.3) is 17.4 Å². The third kappa shape index (κ3) is 37.5. The molecule has 0 aromatic carbocycles. The second-order valence-electron chi connectivity index (χ2n) is 38.5. The third-order valence-electron chi connectivity index (χ3n) is 27.0. The van der Waals surface area contributed by atoms with Crippen molar-refractivity contribution in [3.05, 3.63) is 12.2 Å². The van der Waals surface area contributed by atoms with Gasteiger partial charge in [-0.05, 0) is 19.3 Å². The SMILES string of the molecule is CCCCCCCCCCCCC/C=C/[C@@H](O)[C@H](CO[C@@H]1OC(CO)[C@@H](O[C@@H]2OC(CO)[C@H](O[C@@H]3OC(CO)[C@H](O)[C@H](O)C3NC(C)=O)[C@H](O[C@]3(C(=O)O)CC(O)[C@@H](NC(C)=O)C([C@H](O)[C@@H](CO)O[C@]4(C(=O)O)CC(O)[C@@H](NC(C)=O)C([C@H](O)[C@@H](CO)O[C@]5(C(=O)O)CC(O)[C@@H](NC(C)=O)C([C@H](O)[C@H](O)CO)O5)O4)O3)C2O)[C@H](O)C1O)NC(=O)CCCCCCCCCCCCCCCCCCCCCCC. The summed E-state index contributed by atoms with van der Waals surface area (Å²) in [5.41, 5.74) is 0. The van der Waals surface area contributed by atoms with Crippen LogP contribution >= 0.6 is 0 Å². The molecule has 6 saturated heterocycles. The number of amides is 5. The van der Waals surface area contributed by atoms with Crippen LogP contribution in [-0.4, -0.2) is 419 Å². The summed E-state index contributed by atoms with van der Waals surface area (Å²) in [5, 5.41) is 264. The number of unbranched alkanes of at least 4 members (excludes halogenated alkanes) is 31. The van der Waals surface area contributed by atoms with E-state index < -0.39 is 326 Å². The highest BCUT2D eigenvalue weighted by Gasteiger charge is 2.65. The van der Waals surface area contributed by atoms with Gasteiger partial charge in [-0.2, -0.15) is 0 Å². The van der Waals surface area contributed by atoms with Crippen molar-refractivity contribution >= 4 is 47.4 Å². The van der Waals surface area contributed by atoms with Crippen molar-refractivity contribution in [1.29, 1.82) is 0 Å². The van der Waals surface area contributed by atoms with E-state index in [1.165, 1.54) is 141 Å². The number of aliphatic carboxylic acids is 3. The zero-order valence-electron chi connectivity index (χ0n) is 82.7. The Bertz CT molecular complexity index is 3690. The van der Waals surface area contributed by atoms with Gasteiger partial charge in [-0.1, -0.05) is 219 Å². The number of rotatable bonds is 69. The molecular weight excluding hydrogens is 1880 g/mol. The highest BCUT2D eigenvalue weighted by Crippen LogP contribution is 2.44. The van der Waals surface area contributed by atoms with E-state index >= 15 is 0 Å². The summed E-state index contributed by atoms with van der Waals surface area (Å²) < 4.78 is 71.9. The second kappa shape index (κ2) is 63.9. The first-order valence-electron chi connectivity index (χ1n) is 50.8. The van der Waals surface area contributed by atoms with Crippen LogP contribution in [0.15, 0.2) is 12.2 Å². The largest absolute Gasteiger partial charge is 0.477 e. The van der Waals surface area contributed by atoms with Crippen molar-refractivity contribution in [2.75, 3.05) is 46.2 Å². The number of carboxylic acid groups (broad SMARTS) is 3. The number of allylic oxidation sites excluding steroid dienone is 1. The molecule has 35 atom stereocenters. The van der Waals surface area contributed by atoms with Crippen LogP contribution < -0.4 is 26.6 Å². The number of hydrogen-bond acceptors (Lipinski definition) is 39. The van der Waals surface area contributed by atoms with Crippen LogP contribution in [0, 0.1) is 0 Å². The maximum atomic E-state index is 14.5. The van der Waals surface area contributed by atoms with E-state index in [4.69, 9.17) is 56.8 Å². The standard InChI is InChI=1S/C95H167N5O42/c1-7-9-11-13-15-17-19-21-22-23-24-25-26-27-28-30-32-34-36-38-40-42-68(116)100-57(58(111)41-39-37-35-33-31-29-20-18-16-14-12-10-8-2)52-131-88-79(123)78(122)81(66(50-105)133-88)135-89-80(124)86(82(67(51-106)134-89)136-87-72(99-56(6)110)77(121)74(118)63(47-102)132-87)142-95(92(129)130)45-61(114)71(98-55(5)109)85(141-95)76(120)65(49-104)138-94(91(127)128)44-60(113)70(97-54(4)108)84(140-94)75(119)64(48-103)137-93(90(125)126)43-59(112)69(96-53(3)107)83(139-93)73(117)62(115)46-101/h39,41,57-67,69-89,101-106,111-115,117-124H,7-38,40,42-52H2,1-6H3,(H,96,107)(H,97,108)(H,98,109)(H,99,110)(H,100,116)(H,125,126)(H,127,128)(H,129,130)/b41-39+/t57-,58+,59?,60?,61?,62+,63?,64+,65+,66?,67?,69+,70+,71+,72?,73+,74-,75+,76+,77+,78+,79?,80?,81+,82-,83?,84?,85?,86+,87-,88+,89-,93+,94+,95-/m0/s1. The normalized spacial score (nSPS) is 33.0. The number of aliphatic hydroxyl groups is 19. The molecule has 142 heavy (non-hydrogen) atoms. The third-order valence-corrected chi connectivity index (χ3v) is 27.0. The van der Waals surface area contributed by atoms with E-state index in [1.807, 2.05) is 0 Å². The summed E-state index contributed by atoms with van der Waals surface area (Å²) in [6, 6.07) is -9.23. The second-order valence-corrected chi connectivity index (χ2v) is 38.5. The lowest BCUT2D eigenvalue weighted by atomic mass is 9.86. The first-order valence-corrected chi connectivity index (χ1v) is 50.8. The van der Waals surface area contributed by atoms with Crippen LogP contribution in [0.25, 0.3) is 0 Å². The number of aliphatic hydroxyl groups excluding tert-OH is 19. The monoisotopic (exact) mass is 2050 g/mol. The lowest BCUT2D eigenvalue weighted by Gasteiger charge is -2.52. The molecular formula is C95H167N5O42. The molecule has 0 aromatic rings. The Morgan fingerprint density at radius 3 is 1.12 bits per heavy atom. The van der Waals surface area contributed by atoms with Crippen molar-refractivity contribution < 1.29 is 208 Å². The zero-order chi connectivity index (χ0) is 105. The minimum absolute atomic E-state index is 0.0809. The van der Waals surface area contributed by atoms with E-state index in [-0.39, 0.29) is 6.42 Å². The molecule has 47 heteroatoms. The number of carbonyl (C=O) groups excluding carboxylic acids is 5. The van der Waals surface area contributed by atoms with Gasteiger partial charge in [0.1, 0.15) is 128 Å². The van der Waals surface area contributed by atoms with Crippen molar-refractivity contribution in [2.45, 2.75) is 492 Å². The Labute approximate surface area is 828 Å². The first kappa shape index (κ1) is 125. The molecule has 0 aromatic heterocycles. The predicted octanol–water partition coefficient (Wildman–Crippen LogP) is -2.18. The van der Waals surface area contributed by atoms with E-state index in [2.05, 4.69) is 40.4 Å². The smallest absolute Gasteiger partial charge is 0.364 e. The Kier molecular flexibility index (Phi) is 56.3. The molecule has 47 nitrogen and oxygen atoms in total. The summed E-state index contributed by atoms with van der Waals surface area (Å²) in [4.78, 5) is 107. The lowest BCUT2D eigenvalue weighted by Crippen LogP contribution is -2.72. The summed E-state index contributed by atoms with van der Waals surface area (Å²) >= 11 is 0. The Balaban J connectivity index is 1.28. The number of carbonyl (C=O) groups is 8. The molecule has 0 bridgehead atoms. The maximum Gasteiger partial charge on any atom is 0.364 e. The number of hydrogen-bond donors (Lipinski definition) is 27. The van der Waals surface area contributed by atoms with Crippen LogP contribution in [0.4, 0.5) is 0 Å². The summed E-state index contributed by atoms with van der Waals surface area (Å²) in [7, 11) is 0. The molecule has 0 radical (unpaired) electrons. The van der Waals surface area contributed by atoms with Crippen molar-refractivity contribution in [1.82, 2.24) is 26.6 Å². The minimum atomic E-state index is -3.72. The van der Waals surface area contributed by atoms with E-state index in [0.717, 1.165) is 91.9 Å². The zero-order valence-corrected chi connectivity index (χ0v) is 82.7. The molecule has 27 N–H and O–H groups in total. The van der Waals surface area contributed by atoms with Gasteiger partial charge in [-0.15, -0.1) is 0 Å². The number of carboxylic acids is 3. The molecule has 0 saturated carbocycles. The molecule has 5 amide bonds. The van der Waals surface area contributed by atoms with Crippen LogP contribution in [0.3, 0.4) is 0 Å². The summed E-state index contributed by atoms with van der Waals surface area (Å²) in [6.45, 7) is -0.749. The van der Waals surface area contributed by atoms with Crippen LogP contribution in [0.5, 0.6) is 0 Å². The van der Waals surface area contributed by atoms with Crippen LogP contribution in [0.1, 0.15) is 279 Å². The van der Waals surface area contributed by atoms with Gasteiger partial charge < -0.3 is 196 Å². The minimum Gasteiger partial charge on any atom is -0.477 e. The van der Waals surface area contributed by atoms with E-state index in [9.17, 15) is 151 Å². The van der Waals surface area contributed by atoms with Gasteiger partial charge in [0.2, 0.25) is 29.5 Å². The molecule has 12 unspecified atom stereocenters. The van der Waals surface area contributed by atoms with Gasteiger partial charge in [-0.3, -0.25) is 24.0 Å². The first-order chi connectivity index (χ1) is 67.6. The average molecular weight is 2050 g/mol. The highest BCUT2D eigenvalue weighted by atomic mass is 16.8. The van der Waals surface area contributed by atoms with Gasteiger partial charge in [-0.25, -0.2) is 14.4 Å². The fourth-order valence-corrected chi connectivity index (χ4v) is 19.1. The number of ether oxygens (including phenoxy) is 12. The predicted molar refractivity (Wildman–Crippen MR) is 496 cm³/mol. The topological polar surface area (TPSA) is 753 Å². The fourth-order valence-electron chi connectivity index (χ4n) is 19.1. The van der Waals surface area contributed by atoms with Gasteiger partial charge >= 0.3 is 17.9 Å². The molecule has 6 aliphatic heterocycles. The molecule has 6 rings (SSSR count). The van der Waals surface area contributed by atoms with Crippen LogP contribution in [-0.2, 0) is 95.2 Å². The lowest BCUT2D eigenvalue weighted by molar-refractivity contribution is -0.402. The molecule has 0 aliphatic carbocycles. The van der Waals surface area contributed by atoms with Crippen molar-refractivity contribution in [3.63, 3.8) is 0 Å². The molecule has 824 valence electrons. The molecule has 6 aliphatic rings. The Hall–Kier alpha value is -5.74. The van der Waals surface area contributed by atoms with Crippen molar-refractivity contribution in [2.24, 2.45) is 0 Å². The molecule has 6 heterocycles. The van der Waals surface area contributed by atoms with Gasteiger partial charge in [0.05, 0.1) is 94.8 Å². The Morgan fingerprint density at radius 1 is 0.380 bits per heavy atom. The summed E-state index contributed by atoms with van der Waals surface area (Å²) in [5.74, 6) is -22.2. The summed E-state index contributed by atoms with van der Waals surface area (Å²) in [6.07, 6.45) is -25.8. The molecule has 0 spiro atoms. The maximum absolute atomic E-state index is 14.5. The molecule has 6 fully saturated rings. The quantitative estimate of drug-likeness (QED) is 0.0227. The van der Waals surface area contributed by atoms with E-state index in [1.54, 1.807) is 6.08 Å². The highest BCUT2D eigenvalue weighted by molar-refractivity contribution is 5.79.